The fourth-order valence-electron chi connectivity index (χ4n) is 3.59. The van der Waals surface area contributed by atoms with Gasteiger partial charge in [0.15, 0.2) is 0 Å². The average Bonchev–Trinajstić information content (AvgIpc) is 2.47. The molecular formula is C19H31NO. The predicted molar refractivity (Wildman–Crippen MR) is 89.7 cm³/mol. The van der Waals surface area contributed by atoms with E-state index >= 15 is 0 Å². The summed E-state index contributed by atoms with van der Waals surface area (Å²) in [5.41, 5.74) is 0.428. The largest absolute Gasteiger partial charge is 0.494 e. The van der Waals surface area contributed by atoms with Gasteiger partial charge in [-0.3, -0.25) is 0 Å². The number of nitrogens with one attached hydrogen (secondary N) is 1. The zero-order chi connectivity index (χ0) is 15.3. The summed E-state index contributed by atoms with van der Waals surface area (Å²) >= 11 is 0. The smallest absolute Gasteiger partial charge is 0.119 e. The highest BCUT2D eigenvalue weighted by molar-refractivity contribution is 5.20. The minimum Gasteiger partial charge on any atom is -0.494 e. The van der Waals surface area contributed by atoms with Gasteiger partial charge in [-0.2, -0.15) is 0 Å². The molecule has 0 aliphatic heterocycles. The van der Waals surface area contributed by atoms with Gasteiger partial charge in [0.25, 0.3) is 0 Å². The van der Waals surface area contributed by atoms with E-state index in [1.807, 2.05) is 30.3 Å². The highest BCUT2D eigenvalue weighted by Gasteiger charge is 2.34. The number of benzene rings is 1. The van der Waals surface area contributed by atoms with Gasteiger partial charge in [-0.15, -0.1) is 0 Å². The van der Waals surface area contributed by atoms with Crippen LogP contribution in [-0.4, -0.2) is 19.7 Å². The molecule has 2 nitrogen and oxygen atoms in total. The number of ether oxygens (including phenoxy) is 1. The third kappa shape index (κ3) is 4.74. The van der Waals surface area contributed by atoms with Crippen molar-refractivity contribution in [2.75, 3.05) is 13.7 Å². The average molecular weight is 289 g/mol. The van der Waals surface area contributed by atoms with Crippen molar-refractivity contribution in [2.45, 2.75) is 52.5 Å². The number of para-hydroxylation sites is 1. The van der Waals surface area contributed by atoms with Gasteiger partial charge in [0, 0.05) is 6.04 Å². The molecule has 0 aromatic heterocycles. The van der Waals surface area contributed by atoms with Crippen LogP contribution in [0.3, 0.4) is 0 Å². The standard InChI is InChI=1S/C19H31NO/c1-19(2,3)16-10-11-18(20-4)15(14-16)12-13-21-17-8-6-5-7-9-17/h5-9,15-16,18,20H,10-14H2,1-4H3. The van der Waals surface area contributed by atoms with E-state index in [0.29, 0.717) is 11.5 Å². The minimum absolute atomic E-state index is 0.428. The molecule has 118 valence electrons. The molecule has 3 atom stereocenters. The quantitative estimate of drug-likeness (QED) is 0.861. The maximum absolute atomic E-state index is 5.89. The molecule has 2 heteroatoms. The van der Waals surface area contributed by atoms with Gasteiger partial charge in [-0.05, 0) is 62.1 Å². The molecular weight excluding hydrogens is 258 g/mol. The van der Waals surface area contributed by atoms with Gasteiger partial charge in [-0.25, -0.2) is 0 Å². The van der Waals surface area contributed by atoms with Crippen LogP contribution in [0.4, 0.5) is 0 Å². The van der Waals surface area contributed by atoms with Crippen molar-refractivity contribution in [3.8, 4) is 5.75 Å². The van der Waals surface area contributed by atoms with Crippen LogP contribution in [0.1, 0.15) is 46.5 Å². The summed E-state index contributed by atoms with van der Waals surface area (Å²) in [6.45, 7) is 7.97. The Morgan fingerprint density at radius 2 is 1.86 bits per heavy atom. The Kier molecular flexibility index (Phi) is 5.69. The SMILES string of the molecule is CNC1CCC(C(C)(C)C)CC1CCOc1ccccc1. The summed E-state index contributed by atoms with van der Waals surface area (Å²) in [6.07, 6.45) is 5.12. The molecule has 0 radical (unpaired) electrons. The van der Waals surface area contributed by atoms with Crippen LogP contribution < -0.4 is 10.1 Å². The molecule has 1 aliphatic rings. The van der Waals surface area contributed by atoms with Crippen molar-refractivity contribution in [3.05, 3.63) is 30.3 Å². The van der Waals surface area contributed by atoms with Gasteiger partial charge in [0.05, 0.1) is 6.61 Å². The molecule has 0 spiro atoms. The van der Waals surface area contributed by atoms with Gasteiger partial charge in [0.2, 0.25) is 0 Å². The number of hydrogen-bond acceptors (Lipinski definition) is 2. The van der Waals surface area contributed by atoms with Crippen molar-refractivity contribution in [1.82, 2.24) is 5.32 Å². The van der Waals surface area contributed by atoms with Crippen molar-refractivity contribution in [1.29, 1.82) is 0 Å². The molecule has 3 unspecified atom stereocenters. The second kappa shape index (κ2) is 7.31. The summed E-state index contributed by atoms with van der Waals surface area (Å²) in [5.74, 6) is 2.56. The molecule has 21 heavy (non-hydrogen) atoms. The van der Waals surface area contributed by atoms with E-state index in [1.54, 1.807) is 0 Å². The van der Waals surface area contributed by atoms with Gasteiger partial charge in [-0.1, -0.05) is 39.0 Å². The topological polar surface area (TPSA) is 21.3 Å². The Hall–Kier alpha value is -1.02. The second-order valence-corrected chi connectivity index (χ2v) is 7.48. The highest BCUT2D eigenvalue weighted by Crippen LogP contribution is 2.41. The van der Waals surface area contributed by atoms with E-state index in [-0.39, 0.29) is 0 Å². The molecule has 0 saturated heterocycles. The van der Waals surface area contributed by atoms with Crippen molar-refractivity contribution < 1.29 is 4.74 Å². The molecule has 0 bridgehead atoms. The lowest BCUT2D eigenvalue weighted by atomic mass is 9.67. The van der Waals surface area contributed by atoms with Crippen molar-refractivity contribution in [3.63, 3.8) is 0 Å². The first kappa shape index (κ1) is 16.4. The van der Waals surface area contributed by atoms with Gasteiger partial charge < -0.3 is 10.1 Å². The summed E-state index contributed by atoms with van der Waals surface area (Å²) < 4.78 is 5.89. The van der Waals surface area contributed by atoms with Crippen LogP contribution in [0.25, 0.3) is 0 Å². The lowest BCUT2D eigenvalue weighted by Gasteiger charge is -2.42. The van der Waals surface area contributed by atoms with Crippen LogP contribution in [0.15, 0.2) is 30.3 Å². The lowest BCUT2D eigenvalue weighted by Crippen LogP contribution is -2.42. The molecule has 1 aromatic carbocycles. The van der Waals surface area contributed by atoms with E-state index in [1.165, 1.54) is 19.3 Å². The monoisotopic (exact) mass is 289 g/mol. The molecule has 0 amide bonds. The van der Waals surface area contributed by atoms with Crippen LogP contribution >= 0.6 is 0 Å². The fourth-order valence-corrected chi connectivity index (χ4v) is 3.59. The Balaban J connectivity index is 1.86. The Morgan fingerprint density at radius 3 is 2.48 bits per heavy atom. The maximum atomic E-state index is 5.89. The van der Waals surface area contributed by atoms with Gasteiger partial charge >= 0.3 is 0 Å². The zero-order valence-corrected chi connectivity index (χ0v) is 14.1. The lowest BCUT2D eigenvalue weighted by molar-refractivity contribution is 0.103. The number of rotatable bonds is 5. The van der Waals surface area contributed by atoms with Crippen LogP contribution in [0.5, 0.6) is 5.75 Å². The molecule has 1 saturated carbocycles. The number of hydrogen-bond donors (Lipinski definition) is 1. The van der Waals surface area contributed by atoms with E-state index in [4.69, 9.17) is 4.74 Å². The normalized spacial score (nSPS) is 26.6. The zero-order valence-electron chi connectivity index (χ0n) is 14.1. The molecule has 1 fully saturated rings. The Morgan fingerprint density at radius 1 is 1.14 bits per heavy atom. The first-order valence-corrected chi connectivity index (χ1v) is 8.36. The molecule has 1 N–H and O–H groups in total. The second-order valence-electron chi connectivity index (χ2n) is 7.48. The van der Waals surface area contributed by atoms with Crippen molar-refractivity contribution >= 4 is 0 Å². The summed E-state index contributed by atoms with van der Waals surface area (Å²) in [7, 11) is 2.10. The van der Waals surface area contributed by atoms with E-state index in [0.717, 1.165) is 30.6 Å². The first-order valence-electron chi connectivity index (χ1n) is 8.36. The maximum Gasteiger partial charge on any atom is 0.119 e. The van der Waals surface area contributed by atoms with E-state index in [9.17, 15) is 0 Å². The molecule has 1 aromatic rings. The Labute approximate surface area is 130 Å². The van der Waals surface area contributed by atoms with Crippen LogP contribution in [0.2, 0.25) is 0 Å². The molecule has 1 aliphatic carbocycles. The van der Waals surface area contributed by atoms with Crippen LogP contribution in [0, 0.1) is 17.3 Å². The summed E-state index contributed by atoms with van der Waals surface area (Å²) in [4.78, 5) is 0. The third-order valence-electron chi connectivity index (χ3n) is 5.08. The van der Waals surface area contributed by atoms with Gasteiger partial charge in [0.1, 0.15) is 5.75 Å². The summed E-state index contributed by atoms with van der Waals surface area (Å²) in [5, 5.41) is 3.52. The molecule has 0 heterocycles. The highest BCUT2D eigenvalue weighted by atomic mass is 16.5. The van der Waals surface area contributed by atoms with E-state index in [2.05, 4.69) is 33.1 Å². The fraction of sp³-hybridized carbons (Fsp3) is 0.684. The minimum atomic E-state index is 0.428. The predicted octanol–water partition coefficient (Wildman–Crippen LogP) is 4.51. The first-order chi connectivity index (χ1) is 10.0. The molecule has 2 rings (SSSR count). The van der Waals surface area contributed by atoms with E-state index < -0.39 is 0 Å². The summed E-state index contributed by atoms with van der Waals surface area (Å²) in [6, 6.07) is 10.8. The van der Waals surface area contributed by atoms with Crippen LogP contribution in [-0.2, 0) is 0 Å². The third-order valence-corrected chi connectivity index (χ3v) is 5.08. The Bertz CT molecular complexity index is 409. The van der Waals surface area contributed by atoms with Crippen molar-refractivity contribution in [2.24, 2.45) is 17.3 Å².